The third-order valence-corrected chi connectivity index (χ3v) is 3.94. The molecule has 0 bridgehead atoms. The first-order valence-electron chi connectivity index (χ1n) is 8.77. The number of nitrogens with one attached hydrogen (secondary N) is 1. The summed E-state index contributed by atoms with van der Waals surface area (Å²) < 4.78 is 0. The summed E-state index contributed by atoms with van der Waals surface area (Å²) in [4.78, 5) is 39.2. The average molecular weight is 404 g/mol. The van der Waals surface area contributed by atoms with Crippen molar-refractivity contribution in [2.75, 3.05) is 5.48 Å². The molecule has 9 nitrogen and oxygen atoms in total. The van der Waals surface area contributed by atoms with Crippen LogP contribution in [0.2, 0.25) is 0 Å². The summed E-state index contributed by atoms with van der Waals surface area (Å²) in [5.41, 5.74) is 4.57. The lowest BCUT2D eigenvalue weighted by Gasteiger charge is -2.06. The van der Waals surface area contributed by atoms with Gasteiger partial charge in [0.15, 0.2) is 0 Å². The quantitative estimate of drug-likeness (QED) is 0.350. The van der Waals surface area contributed by atoms with Gasteiger partial charge in [0.2, 0.25) is 0 Å². The van der Waals surface area contributed by atoms with Crippen molar-refractivity contribution in [3.8, 4) is 0 Å². The summed E-state index contributed by atoms with van der Waals surface area (Å²) in [6, 6.07) is 18.6. The van der Waals surface area contributed by atoms with Crippen molar-refractivity contribution >= 4 is 28.9 Å². The standard InChI is InChI=1S/C21H16N4O5/c1-14-4-2-5-15(12-14)20(26)23-22-17-8-10-18(11-9-17)24-30-21(27)16-6-3-7-19(13-16)25(28)29/h2-13,24H,1H3. The molecule has 0 radical (unpaired) electrons. The lowest BCUT2D eigenvalue weighted by atomic mass is 10.1. The van der Waals surface area contributed by atoms with Gasteiger partial charge >= 0.3 is 5.97 Å². The number of benzene rings is 3. The second-order valence-corrected chi connectivity index (χ2v) is 6.22. The molecule has 0 fully saturated rings. The third-order valence-electron chi connectivity index (χ3n) is 3.94. The van der Waals surface area contributed by atoms with Crippen molar-refractivity contribution < 1.29 is 19.3 Å². The van der Waals surface area contributed by atoms with E-state index in [-0.39, 0.29) is 11.3 Å². The molecule has 1 amide bonds. The number of nitrogens with zero attached hydrogens (tertiary/aromatic N) is 3. The molecule has 3 rings (SSSR count). The van der Waals surface area contributed by atoms with Crippen LogP contribution in [-0.2, 0) is 4.84 Å². The minimum absolute atomic E-state index is 0.0387. The zero-order chi connectivity index (χ0) is 21.5. The van der Waals surface area contributed by atoms with E-state index in [0.717, 1.165) is 11.6 Å². The fourth-order valence-electron chi connectivity index (χ4n) is 2.45. The number of anilines is 1. The van der Waals surface area contributed by atoms with Crippen LogP contribution in [0.4, 0.5) is 17.1 Å². The number of nitro groups is 1. The average Bonchev–Trinajstić information content (AvgIpc) is 2.76. The molecule has 0 aromatic heterocycles. The number of azo groups is 1. The number of rotatable bonds is 6. The SMILES string of the molecule is Cc1cccc(C(=O)N=Nc2ccc(NOC(=O)c3cccc([N+](=O)[O-])c3)cc2)c1. The van der Waals surface area contributed by atoms with E-state index < -0.39 is 16.8 Å². The molecule has 0 atom stereocenters. The zero-order valence-corrected chi connectivity index (χ0v) is 15.8. The largest absolute Gasteiger partial charge is 0.363 e. The number of carbonyl (C=O) groups is 2. The second kappa shape index (κ2) is 9.20. The fourth-order valence-corrected chi connectivity index (χ4v) is 2.45. The van der Waals surface area contributed by atoms with Crippen LogP contribution in [0.15, 0.2) is 83.0 Å². The normalized spacial score (nSPS) is 10.6. The molecule has 0 unspecified atom stereocenters. The van der Waals surface area contributed by atoms with Crippen LogP contribution in [-0.4, -0.2) is 16.8 Å². The van der Waals surface area contributed by atoms with Gasteiger partial charge < -0.3 is 4.84 Å². The molecule has 3 aromatic rings. The second-order valence-electron chi connectivity index (χ2n) is 6.22. The van der Waals surface area contributed by atoms with Crippen LogP contribution in [0.3, 0.4) is 0 Å². The molecule has 0 aliphatic rings. The smallest absolute Gasteiger partial charge is 0.338 e. The van der Waals surface area contributed by atoms with E-state index in [9.17, 15) is 19.7 Å². The van der Waals surface area contributed by atoms with Crippen LogP contribution in [0.25, 0.3) is 0 Å². The minimum Gasteiger partial charge on any atom is -0.338 e. The Hall–Kier alpha value is -4.40. The lowest BCUT2D eigenvalue weighted by Crippen LogP contribution is -2.10. The molecule has 0 saturated carbocycles. The molecule has 0 aliphatic heterocycles. The topological polar surface area (TPSA) is 123 Å². The highest BCUT2D eigenvalue weighted by Crippen LogP contribution is 2.19. The lowest BCUT2D eigenvalue weighted by molar-refractivity contribution is -0.384. The summed E-state index contributed by atoms with van der Waals surface area (Å²) in [6.45, 7) is 1.88. The Kier molecular flexibility index (Phi) is 6.23. The van der Waals surface area contributed by atoms with Gasteiger partial charge in [-0.15, -0.1) is 10.2 Å². The molecule has 3 aromatic carbocycles. The van der Waals surface area contributed by atoms with Gasteiger partial charge in [0.25, 0.3) is 11.6 Å². The number of hydrogen-bond acceptors (Lipinski definition) is 7. The maximum atomic E-state index is 12.0. The number of nitro benzene ring substituents is 1. The van der Waals surface area contributed by atoms with E-state index in [4.69, 9.17) is 4.84 Å². The number of non-ortho nitro benzene ring substituents is 1. The first-order valence-corrected chi connectivity index (χ1v) is 8.77. The summed E-state index contributed by atoms with van der Waals surface area (Å²) in [6.07, 6.45) is 0. The van der Waals surface area contributed by atoms with E-state index in [0.29, 0.717) is 16.9 Å². The molecule has 1 N–H and O–H groups in total. The number of hydrogen-bond donors (Lipinski definition) is 1. The third kappa shape index (κ3) is 5.32. The van der Waals surface area contributed by atoms with Crippen molar-refractivity contribution in [3.63, 3.8) is 0 Å². The van der Waals surface area contributed by atoms with Gasteiger partial charge in [0.1, 0.15) is 0 Å². The molecular weight excluding hydrogens is 388 g/mol. The van der Waals surface area contributed by atoms with Crippen molar-refractivity contribution in [3.05, 3.63) is 99.6 Å². The molecule has 9 heteroatoms. The Labute approximate surface area is 171 Å². The minimum atomic E-state index is -0.772. The Morgan fingerprint density at radius 1 is 0.967 bits per heavy atom. The molecule has 150 valence electrons. The first-order chi connectivity index (χ1) is 14.4. The van der Waals surface area contributed by atoms with Gasteiger partial charge in [0.05, 0.1) is 21.9 Å². The summed E-state index contributed by atoms with van der Waals surface area (Å²) in [7, 11) is 0. The highest BCUT2D eigenvalue weighted by atomic mass is 16.7. The number of carbonyl (C=O) groups excluding carboxylic acids is 2. The van der Waals surface area contributed by atoms with Crippen LogP contribution in [0.1, 0.15) is 26.3 Å². The number of amides is 1. The van der Waals surface area contributed by atoms with Crippen LogP contribution in [0.5, 0.6) is 0 Å². The highest BCUT2D eigenvalue weighted by molar-refractivity contribution is 5.94. The fraction of sp³-hybridized carbons (Fsp3) is 0.0476. The van der Waals surface area contributed by atoms with E-state index >= 15 is 0 Å². The van der Waals surface area contributed by atoms with Crippen molar-refractivity contribution in [1.29, 1.82) is 0 Å². The van der Waals surface area contributed by atoms with Crippen LogP contribution < -0.4 is 5.48 Å². The highest BCUT2D eigenvalue weighted by Gasteiger charge is 2.13. The van der Waals surface area contributed by atoms with E-state index in [1.807, 2.05) is 13.0 Å². The van der Waals surface area contributed by atoms with Crippen LogP contribution in [0, 0.1) is 17.0 Å². The maximum Gasteiger partial charge on any atom is 0.363 e. The van der Waals surface area contributed by atoms with Gasteiger partial charge in [-0.2, -0.15) is 0 Å². The molecule has 0 spiro atoms. The number of aryl methyl sites for hydroxylation is 1. The summed E-state index contributed by atoms with van der Waals surface area (Å²) in [5.74, 6) is -1.22. The molecular formula is C21H16N4O5. The molecule has 30 heavy (non-hydrogen) atoms. The van der Waals surface area contributed by atoms with Gasteiger partial charge in [-0.3, -0.25) is 14.9 Å². The Morgan fingerprint density at radius 2 is 1.67 bits per heavy atom. The molecule has 0 heterocycles. The summed E-state index contributed by atoms with van der Waals surface area (Å²) >= 11 is 0. The monoisotopic (exact) mass is 404 g/mol. The Morgan fingerprint density at radius 3 is 2.37 bits per heavy atom. The van der Waals surface area contributed by atoms with Gasteiger partial charge in [-0.05, 0) is 49.4 Å². The molecule has 0 aliphatic carbocycles. The Bertz CT molecular complexity index is 1130. The van der Waals surface area contributed by atoms with Gasteiger partial charge in [-0.1, -0.05) is 23.8 Å². The van der Waals surface area contributed by atoms with Crippen molar-refractivity contribution in [2.24, 2.45) is 10.2 Å². The van der Waals surface area contributed by atoms with E-state index in [2.05, 4.69) is 15.7 Å². The first kappa shape index (κ1) is 20.3. The molecule has 0 saturated heterocycles. The zero-order valence-electron chi connectivity index (χ0n) is 15.8. The van der Waals surface area contributed by atoms with Gasteiger partial charge in [0, 0.05) is 17.7 Å². The van der Waals surface area contributed by atoms with E-state index in [1.165, 1.54) is 18.2 Å². The van der Waals surface area contributed by atoms with E-state index in [1.54, 1.807) is 42.5 Å². The predicted octanol–water partition coefficient (Wildman–Crippen LogP) is 5.01. The predicted molar refractivity (Wildman–Crippen MR) is 109 cm³/mol. The van der Waals surface area contributed by atoms with Gasteiger partial charge in [-0.25, -0.2) is 10.3 Å². The van der Waals surface area contributed by atoms with Crippen molar-refractivity contribution in [1.82, 2.24) is 0 Å². The summed E-state index contributed by atoms with van der Waals surface area (Å²) in [5, 5.41) is 18.4. The van der Waals surface area contributed by atoms with Crippen molar-refractivity contribution in [2.45, 2.75) is 6.92 Å². The maximum absolute atomic E-state index is 12.0. The Balaban J connectivity index is 1.58. The van der Waals surface area contributed by atoms with Crippen LogP contribution >= 0.6 is 0 Å².